The van der Waals surface area contributed by atoms with Gasteiger partial charge in [-0.05, 0) is 41.8 Å². The summed E-state index contributed by atoms with van der Waals surface area (Å²) in [4.78, 5) is 3.56. The normalized spacial score (nSPS) is 26.3. The van der Waals surface area contributed by atoms with E-state index in [-0.39, 0.29) is 0 Å². The Kier molecular flexibility index (Phi) is 2.30. The van der Waals surface area contributed by atoms with Gasteiger partial charge in [0.25, 0.3) is 0 Å². The summed E-state index contributed by atoms with van der Waals surface area (Å²) >= 11 is 0. The summed E-state index contributed by atoms with van der Waals surface area (Å²) in [5.41, 5.74) is 8.73. The molecule has 1 aromatic carbocycles. The molecule has 1 heterocycles. The van der Waals surface area contributed by atoms with E-state index >= 15 is 0 Å². The maximum Gasteiger partial charge on any atom is 0.0456 e. The number of hydrogen-bond acceptors (Lipinski definition) is 1. The van der Waals surface area contributed by atoms with E-state index in [0.717, 1.165) is 18.9 Å². The van der Waals surface area contributed by atoms with E-state index in [1.54, 1.807) is 0 Å². The zero-order valence-electron chi connectivity index (χ0n) is 10.5. The fourth-order valence-electron chi connectivity index (χ4n) is 3.34. The molecule has 17 heavy (non-hydrogen) atoms. The van der Waals surface area contributed by atoms with Crippen LogP contribution in [-0.4, -0.2) is 11.5 Å². The van der Waals surface area contributed by atoms with Gasteiger partial charge in [0, 0.05) is 17.1 Å². The third kappa shape index (κ3) is 1.59. The predicted molar refractivity (Wildman–Crippen MR) is 72.0 cm³/mol. The van der Waals surface area contributed by atoms with Crippen molar-refractivity contribution in [2.75, 3.05) is 6.54 Å². The Hall–Kier alpha value is -1.28. The van der Waals surface area contributed by atoms with Crippen molar-refractivity contribution < 1.29 is 0 Å². The smallest absolute Gasteiger partial charge is 0.0456 e. The van der Waals surface area contributed by atoms with Crippen molar-refractivity contribution in [3.8, 4) is 0 Å². The van der Waals surface area contributed by atoms with Crippen LogP contribution in [0.15, 0.2) is 30.3 Å². The summed E-state index contributed by atoms with van der Waals surface area (Å²) < 4.78 is 0. The quantitative estimate of drug-likeness (QED) is 0.832. The van der Waals surface area contributed by atoms with Crippen molar-refractivity contribution in [3.63, 3.8) is 0 Å². The lowest BCUT2D eigenvalue weighted by Crippen LogP contribution is -2.01. The highest BCUT2D eigenvalue weighted by atomic mass is 14.8. The molecule has 1 aliphatic rings. The van der Waals surface area contributed by atoms with Crippen LogP contribution in [-0.2, 0) is 0 Å². The van der Waals surface area contributed by atoms with Crippen molar-refractivity contribution in [1.82, 2.24) is 4.98 Å². The zero-order valence-corrected chi connectivity index (χ0v) is 10.5. The Bertz CT molecular complexity index is 506. The highest BCUT2D eigenvalue weighted by Crippen LogP contribution is 2.65. The Labute approximate surface area is 102 Å². The molecule has 0 aliphatic heterocycles. The van der Waals surface area contributed by atoms with Crippen LogP contribution in [0.4, 0.5) is 0 Å². The van der Waals surface area contributed by atoms with Crippen LogP contribution in [0.2, 0.25) is 0 Å². The Morgan fingerprint density at radius 2 is 2.06 bits per heavy atom. The molecule has 0 radical (unpaired) electrons. The van der Waals surface area contributed by atoms with E-state index in [4.69, 9.17) is 5.73 Å². The van der Waals surface area contributed by atoms with Crippen molar-refractivity contribution in [1.29, 1.82) is 0 Å². The summed E-state index contributed by atoms with van der Waals surface area (Å²) in [6, 6.07) is 10.8. The fourth-order valence-corrected chi connectivity index (χ4v) is 3.34. The highest BCUT2D eigenvalue weighted by molar-refractivity contribution is 5.80. The van der Waals surface area contributed by atoms with Crippen LogP contribution in [0, 0.1) is 11.3 Å². The molecule has 1 aliphatic carbocycles. The highest BCUT2D eigenvalue weighted by Gasteiger charge is 2.57. The first-order valence-electron chi connectivity index (χ1n) is 6.42. The average molecular weight is 228 g/mol. The second-order valence-electron chi connectivity index (χ2n) is 5.79. The van der Waals surface area contributed by atoms with E-state index in [0.29, 0.717) is 11.3 Å². The molecule has 1 aromatic heterocycles. The van der Waals surface area contributed by atoms with Crippen LogP contribution in [0.5, 0.6) is 0 Å². The number of hydrogen-bond donors (Lipinski definition) is 2. The summed E-state index contributed by atoms with van der Waals surface area (Å²) in [6.45, 7) is 5.50. The zero-order chi connectivity index (χ0) is 12.0. The first kappa shape index (κ1) is 10.8. The third-order valence-corrected chi connectivity index (χ3v) is 4.41. The number of nitrogens with one attached hydrogen (secondary N) is 1. The minimum Gasteiger partial charge on any atom is -0.358 e. The molecule has 2 nitrogen and oxygen atoms in total. The number of aromatic amines is 1. The minimum absolute atomic E-state index is 0.403. The van der Waals surface area contributed by atoms with Crippen molar-refractivity contribution in [2.24, 2.45) is 17.1 Å². The summed E-state index contributed by atoms with van der Waals surface area (Å²) in [5, 5.41) is 1.32. The molecule has 0 spiro atoms. The van der Waals surface area contributed by atoms with Gasteiger partial charge >= 0.3 is 0 Å². The first-order chi connectivity index (χ1) is 8.14. The van der Waals surface area contributed by atoms with E-state index in [1.165, 1.54) is 16.6 Å². The molecular formula is C15H20N2. The second kappa shape index (κ2) is 3.61. The number of H-pyrrole nitrogens is 1. The SMILES string of the molecule is CC1(C)[C@H](CCN)[C@@H]1c1cc2ccccc2[nH]1. The molecule has 2 atom stereocenters. The Morgan fingerprint density at radius 1 is 1.29 bits per heavy atom. The number of benzene rings is 1. The van der Waals surface area contributed by atoms with Crippen LogP contribution in [0.25, 0.3) is 10.9 Å². The molecule has 0 saturated heterocycles. The van der Waals surface area contributed by atoms with Gasteiger partial charge in [0.1, 0.15) is 0 Å². The molecule has 0 amide bonds. The van der Waals surface area contributed by atoms with Crippen LogP contribution in [0.1, 0.15) is 31.9 Å². The van der Waals surface area contributed by atoms with Gasteiger partial charge in [0.2, 0.25) is 0 Å². The van der Waals surface area contributed by atoms with Gasteiger partial charge in [-0.1, -0.05) is 32.0 Å². The molecule has 1 saturated carbocycles. The minimum atomic E-state index is 0.403. The number of aromatic nitrogens is 1. The summed E-state index contributed by atoms with van der Waals surface area (Å²) in [7, 11) is 0. The molecule has 0 unspecified atom stereocenters. The van der Waals surface area contributed by atoms with Crippen LogP contribution >= 0.6 is 0 Å². The lowest BCUT2D eigenvalue weighted by Gasteiger charge is -1.99. The molecule has 90 valence electrons. The molecule has 3 rings (SSSR count). The van der Waals surface area contributed by atoms with Gasteiger partial charge in [0.05, 0.1) is 0 Å². The van der Waals surface area contributed by atoms with E-state index in [2.05, 4.69) is 49.2 Å². The molecular weight excluding hydrogens is 208 g/mol. The molecule has 0 bridgehead atoms. The number of fused-ring (bicyclic) bond motifs is 1. The topological polar surface area (TPSA) is 41.8 Å². The number of nitrogens with two attached hydrogens (primary N) is 1. The average Bonchev–Trinajstić information content (AvgIpc) is 2.70. The standard InChI is InChI=1S/C15H20N2/c1-15(2)11(7-8-16)14(15)13-9-10-5-3-4-6-12(10)17-13/h3-6,9,11,14,17H,7-8,16H2,1-2H3/t11-,14-/m1/s1. The molecule has 2 aromatic rings. The van der Waals surface area contributed by atoms with Crippen molar-refractivity contribution in [3.05, 3.63) is 36.0 Å². The van der Waals surface area contributed by atoms with Gasteiger partial charge in [-0.2, -0.15) is 0 Å². The number of para-hydroxylation sites is 1. The van der Waals surface area contributed by atoms with Crippen LogP contribution < -0.4 is 5.73 Å². The lowest BCUT2D eigenvalue weighted by atomic mass is 10.1. The fraction of sp³-hybridized carbons (Fsp3) is 0.467. The third-order valence-electron chi connectivity index (χ3n) is 4.41. The van der Waals surface area contributed by atoms with Gasteiger partial charge in [-0.3, -0.25) is 0 Å². The van der Waals surface area contributed by atoms with E-state index in [9.17, 15) is 0 Å². The number of rotatable bonds is 3. The largest absolute Gasteiger partial charge is 0.358 e. The summed E-state index contributed by atoms with van der Waals surface area (Å²) in [5.74, 6) is 1.39. The monoisotopic (exact) mass is 228 g/mol. The second-order valence-corrected chi connectivity index (χ2v) is 5.79. The van der Waals surface area contributed by atoms with Gasteiger partial charge in [-0.25, -0.2) is 0 Å². The molecule has 2 heteroatoms. The molecule has 3 N–H and O–H groups in total. The van der Waals surface area contributed by atoms with E-state index < -0.39 is 0 Å². The van der Waals surface area contributed by atoms with Gasteiger partial charge in [0.15, 0.2) is 0 Å². The van der Waals surface area contributed by atoms with Gasteiger partial charge in [-0.15, -0.1) is 0 Å². The molecule has 1 fully saturated rings. The Morgan fingerprint density at radius 3 is 2.76 bits per heavy atom. The van der Waals surface area contributed by atoms with Crippen LogP contribution in [0.3, 0.4) is 0 Å². The van der Waals surface area contributed by atoms with Crippen molar-refractivity contribution in [2.45, 2.75) is 26.2 Å². The Balaban J connectivity index is 1.95. The predicted octanol–water partition coefficient (Wildman–Crippen LogP) is 3.26. The summed E-state index contributed by atoms with van der Waals surface area (Å²) in [6.07, 6.45) is 1.13. The first-order valence-corrected chi connectivity index (χ1v) is 6.42. The van der Waals surface area contributed by atoms with E-state index in [1.807, 2.05) is 0 Å². The van der Waals surface area contributed by atoms with Crippen molar-refractivity contribution >= 4 is 10.9 Å². The lowest BCUT2D eigenvalue weighted by molar-refractivity contribution is 0.534. The maximum atomic E-state index is 5.70. The maximum absolute atomic E-state index is 5.70. The van der Waals surface area contributed by atoms with Gasteiger partial charge < -0.3 is 10.7 Å².